The van der Waals surface area contributed by atoms with Gasteiger partial charge in [-0.15, -0.1) is 0 Å². The minimum Gasteiger partial charge on any atom is -0.481 e. The summed E-state index contributed by atoms with van der Waals surface area (Å²) in [6, 6.07) is 0.00897. The van der Waals surface area contributed by atoms with E-state index in [4.69, 9.17) is 5.11 Å². The van der Waals surface area contributed by atoms with E-state index in [9.17, 15) is 9.59 Å². The molecule has 0 aliphatic heterocycles. The number of carboxylic acid groups (broad SMARTS) is 1. The Bertz CT molecular complexity index is 551. The fourth-order valence-corrected chi connectivity index (χ4v) is 3.05. The van der Waals surface area contributed by atoms with Crippen LogP contribution in [-0.2, 0) is 23.1 Å². The number of nitrogens with one attached hydrogen (secondary N) is 1. The normalized spacial score (nSPS) is 21.5. The summed E-state index contributed by atoms with van der Waals surface area (Å²) in [5.74, 6) is -1.07. The van der Waals surface area contributed by atoms with Crippen molar-refractivity contribution in [2.24, 2.45) is 13.0 Å². The van der Waals surface area contributed by atoms with Gasteiger partial charge in [0.25, 0.3) is 0 Å². The van der Waals surface area contributed by atoms with Crippen LogP contribution in [0, 0.1) is 19.8 Å². The minimum absolute atomic E-state index is 0.00584. The number of nitrogens with zero attached hydrogens (tertiary/aromatic N) is 2. The Kier molecular flexibility index (Phi) is 4.65. The van der Waals surface area contributed by atoms with Gasteiger partial charge in [0.15, 0.2) is 0 Å². The Hall–Kier alpha value is -1.85. The van der Waals surface area contributed by atoms with Crippen LogP contribution in [0.15, 0.2) is 0 Å². The molecule has 1 amide bonds. The quantitative estimate of drug-likeness (QED) is 0.858. The van der Waals surface area contributed by atoms with Gasteiger partial charge in [-0.05, 0) is 45.1 Å². The van der Waals surface area contributed by atoms with Crippen LogP contribution in [0.25, 0.3) is 0 Å². The van der Waals surface area contributed by atoms with E-state index in [0.29, 0.717) is 25.7 Å². The molecule has 1 saturated carbocycles. The third-order valence-corrected chi connectivity index (χ3v) is 4.41. The van der Waals surface area contributed by atoms with Gasteiger partial charge in [-0.3, -0.25) is 14.3 Å². The molecule has 2 atom stereocenters. The lowest BCUT2D eigenvalue weighted by molar-refractivity contribution is -0.141. The van der Waals surface area contributed by atoms with Crippen LogP contribution in [-0.4, -0.2) is 32.8 Å². The average Bonchev–Trinajstić information content (AvgIpc) is 2.95. The SMILES string of the molecule is Cc1nn(C)c(C)c1CCC(=O)N[C@@H]1CC[C@H](C(=O)O)C1. The molecule has 1 aliphatic rings. The van der Waals surface area contributed by atoms with Crippen LogP contribution < -0.4 is 5.32 Å². The molecule has 2 N–H and O–H groups in total. The Morgan fingerprint density at radius 3 is 2.62 bits per heavy atom. The van der Waals surface area contributed by atoms with E-state index in [2.05, 4.69) is 10.4 Å². The Morgan fingerprint density at radius 1 is 1.38 bits per heavy atom. The third kappa shape index (κ3) is 3.62. The van der Waals surface area contributed by atoms with Gasteiger partial charge in [0.2, 0.25) is 5.91 Å². The van der Waals surface area contributed by atoms with E-state index in [1.165, 1.54) is 0 Å². The highest BCUT2D eigenvalue weighted by Crippen LogP contribution is 2.25. The first-order valence-corrected chi connectivity index (χ1v) is 7.39. The highest BCUT2D eigenvalue weighted by Gasteiger charge is 2.30. The molecule has 1 aliphatic carbocycles. The van der Waals surface area contributed by atoms with E-state index >= 15 is 0 Å². The van der Waals surface area contributed by atoms with Crippen LogP contribution in [0.3, 0.4) is 0 Å². The van der Waals surface area contributed by atoms with Gasteiger partial charge in [0.05, 0.1) is 11.6 Å². The molecule has 1 heterocycles. The number of hydrogen-bond donors (Lipinski definition) is 2. The lowest BCUT2D eigenvalue weighted by Gasteiger charge is -2.12. The van der Waals surface area contributed by atoms with Crippen molar-refractivity contribution in [2.75, 3.05) is 0 Å². The lowest BCUT2D eigenvalue weighted by atomic mass is 10.1. The van der Waals surface area contributed by atoms with Crippen LogP contribution >= 0.6 is 0 Å². The molecular formula is C15H23N3O3. The third-order valence-electron chi connectivity index (χ3n) is 4.41. The number of amides is 1. The van der Waals surface area contributed by atoms with Gasteiger partial charge in [0.1, 0.15) is 0 Å². The highest BCUT2D eigenvalue weighted by atomic mass is 16.4. The monoisotopic (exact) mass is 293 g/mol. The predicted molar refractivity (Wildman–Crippen MR) is 77.9 cm³/mol. The maximum atomic E-state index is 12.0. The van der Waals surface area contributed by atoms with E-state index in [1.54, 1.807) is 0 Å². The molecule has 0 spiro atoms. The molecule has 0 aromatic carbocycles. The van der Waals surface area contributed by atoms with Crippen molar-refractivity contribution < 1.29 is 14.7 Å². The summed E-state index contributed by atoms with van der Waals surface area (Å²) in [4.78, 5) is 22.9. The summed E-state index contributed by atoms with van der Waals surface area (Å²) in [5, 5.41) is 16.2. The van der Waals surface area contributed by atoms with Gasteiger partial charge < -0.3 is 10.4 Å². The van der Waals surface area contributed by atoms with Crippen LogP contribution in [0.5, 0.6) is 0 Å². The molecule has 21 heavy (non-hydrogen) atoms. The van der Waals surface area contributed by atoms with E-state index in [1.807, 2.05) is 25.6 Å². The summed E-state index contributed by atoms with van der Waals surface area (Å²) in [5.41, 5.74) is 3.18. The largest absolute Gasteiger partial charge is 0.481 e. The summed E-state index contributed by atoms with van der Waals surface area (Å²) in [6.45, 7) is 3.95. The Balaban J connectivity index is 1.82. The molecule has 6 heteroatoms. The first kappa shape index (κ1) is 15.5. The van der Waals surface area contributed by atoms with E-state index < -0.39 is 5.97 Å². The molecule has 0 unspecified atom stereocenters. The molecule has 0 radical (unpaired) electrons. The first-order chi connectivity index (χ1) is 9.88. The number of carbonyl (C=O) groups excluding carboxylic acids is 1. The fraction of sp³-hybridized carbons (Fsp3) is 0.667. The Morgan fingerprint density at radius 2 is 2.10 bits per heavy atom. The zero-order chi connectivity index (χ0) is 15.6. The molecule has 6 nitrogen and oxygen atoms in total. The van der Waals surface area contributed by atoms with E-state index in [0.717, 1.165) is 23.4 Å². The predicted octanol–water partition coefficient (Wildman–Crippen LogP) is 1.34. The summed E-state index contributed by atoms with van der Waals surface area (Å²) >= 11 is 0. The molecule has 1 aromatic heterocycles. The Labute approximate surface area is 124 Å². The number of hydrogen-bond acceptors (Lipinski definition) is 3. The number of carboxylic acids is 1. The number of aryl methyl sites for hydroxylation is 2. The second-order valence-corrected chi connectivity index (χ2v) is 5.89. The van der Waals surface area contributed by atoms with Gasteiger partial charge in [0, 0.05) is 25.2 Å². The molecule has 2 rings (SSSR count). The molecule has 0 saturated heterocycles. The fourth-order valence-electron chi connectivity index (χ4n) is 3.05. The number of carbonyl (C=O) groups is 2. The van der Waals surface area contributed by atoms with Crippen molar-refractivity contribution in [3.05, 3.63) is 17.0 Å². The first-order valence-electron chi connectivity index (χ1n) is 7.39. The van der Waals surface area contributed by atoms with Crippen LogP contribution in [0.4, 0.5) is 0 Å². The zero-order valence-electron chi connectivity index (χ0n) is 12.8. The standard InChI is InChI=1S/C15H23N3O3/c1-9-13(10(2)18(3)17-9)6-7-14(19)16-12-5-4-11(8-12)15(20)21/h11-12H,4-8H2,1-3H3,(H,16,19)(H,20,21)/t11-,12+/m0/s1. The summed E-state index contributed by atoms with van der Waals surface area (Å²) < 4.78 is 1.83. The maximum Gasteiger partial charge on any atom is 0.306 e. The van der Waals surface area contributed by atoms with Gasteiger partial charge in [-0.2, -0.15) is 5.10 Å². The van der Waals surface area contributed by atoms with Crippen molar-refractivity contribution >= 4 is 11.9 Å². The average molecular weight is 293 g/mol. The second-order valence-electron chi connectivity index (χ2n) is 5.89. The van der Waals surface area contributed by atoms with Crippen LogP contribution in [0.1, 0.15) is 42.6 Å². The number of aliphatic carboxylic acids is 1. The minimum atomic E-state index is -0.756. The topological polar surface area (TPSA) is 84.2 Å². The highest BCUT2D eigenvalue weighted by molar-refractivity contribution is 5.77. The van der Waals surface area contributed by atoms with Crippen molar-refractivity contribution in [1.82, 2.24) is 15.1 Å². The van der Waals surface area contributed by atoms with Crippen molar-refractivity contribution in [2.45, 2.75) is 52.0 Å². The summed E-state index contributed by atoms with van der Waals surface area (Å²) in [7, 11) is 1.90. The molecular weight excluding hydrogens is 270 g/mol. The van der Waals surface area contributed by atoms with Crippen molar-refractivity contribution in [1.29, 1.82) is 0 Å². The lowest BCUT2D eigenvalue weighted by Crippen LogP contribution is -2.33. The summed E-state index contributed by atoms with van der Waals surface area (Å²) in [6.07, 6.45) is 3.05. The van der Waals surface area contributed by atoms with Gasteiger partial charge >= 0.3 is 5.97 Å². The molecule has 1 fully saturated rings. The smallest absolute Gasteiger partial charge is 0.306 e. The second kappa shape index (κ2) is 6.28. The van der Waals surface area contributed by atoms with Crippen LogP contribution in [0.2, 0.25) is 0 Å². The van der Waals surface area contributed by atoms with Gasteiger partial charge in [-0.25, -0.2) is 0 Å². The zero-order valence-corrected chi connectivity index (χ0v) is 12.8. The number of rotatable bonds is 5. The molecule has 116 valence electrons. The molecule has 0 bridgehead atoms. The van der Waals surface area contributed by atoms with Crippen molar-refractivity contribution in [3.8, 4) is 0 Å². The maximum absolute atomic E-state index is 12.0. The molecule has 1 aromatic rings. The van der Waals surface area contributed by atoms with E-state index in [-0.39, 0.29) is 17.9 Å². The number of aromatic nitrogens is 2. The van der Waals surface area contributed by atoms with Crippen molar-refractivity contribution in [3.63, 3.8) is 0 Å². The van der Waals surface area contributed by atoms with Gasteiger partial charge in [-0.1, -0.05) is 0 Å².